The molecule has 1 amide bonds. The Hall–Kier alpha value is -0.710. The van der Waals surface area contributed by atoms with Crippen LogP contribution in [0.15, 0.2) is 15.8 Å². The first-order valence-electron chi connectivity index (χ1n) is 2.96. The maximum atomic E-state index is 10.7. The van der Waals surface area contributed by atoms with Crippen LogP contribution < -0.4 is 5.73 Å². The van der Waals surface area contributed by atoms with Gasteiger partial charge in [-0.25, -0.2) is 5.06 Å². The zero-order valence-electron chi connectivity index (χ0n) is 5.84. The summed E-state index contributed by atoms with van der Waals surface area (Å²) in [4.78, 5) is 10.7. The zero-order valence-corrected chi connectivity index (χ0v) is 7.35. The molecule has 6 heteroatoms. The lowest BCUT2D eigenvalue weighted by Crippen LogP contribution is -2.32. The second-order valence-corrected chi connectivity index (χ2v) is 2.95. The largest absolute Gasteiger partial charge is 0.364 e. The molecular weight excluding hydrogens is 203 g/mol. The highest BCUT2D eigenvalue weighted by Gasteiger charge is 2.22. The van der Waals surface area contributed by atoms with Gasteiger partial charge in [-0.3, -0.25) is 10.0 Å². The molecule has 0 saturated heterocycles. The van der Waals surface area contributed by atoms with E-state index in [1.807, 2.05) is 0 Å². The Morgan fingerprint density at radius 3 is 2.67 bits per heavy atom. The number of carbonyl (C=O) groups is 1. The number of halogens is 2. The number of nitrogens with zero attached hydrogens (tertiary/aromatic N) is 1. The van der Waals surface area contributed by atoms with Gasteiger partial charge in [-0.2, -0.15) is 0 Å². The number of allylic oxidation sites excluding steroid dienone is 2. The van der Waals surface area contributed by atoms with Crippen molar-refractivity contribution in [1.82, 2.24) is 5.06 Å². The molecule has 1 radical (unpaired) electrons. The molecule has 0 saturated carbocycles. The first-order chi connectivity index (χ1) is 5.52. The lowest BCUT2D eigenvalue weighted by molar-refractivity contribution is -0.123. The van der Waals surface area contributed by atoms with E-state index in [0.29, 0.717) is 5.06 Å². The van der Waals surface area contributed by atoms with Crippen LogP contribution in [0.25, 0.3) is 0 Å². The molecule has 65 valence electrons. The monoisotopic (exact) mass is 207 g/mol. The molecule has 0 aromatic heterocycles. The summed E-state index contributed by atoms with van der Waals surface area (Å²) in [7, 11) is 0. The van der Waals surface area contributed by atoms with E-state index in [1.165, 1.54) is 0 Å². The third-order valence-corrected chi connectivity index (χ3v) is 1.72. The molecule has 0 aromatic rings. The normalized spacial score (nSPS) is 17.9. The maximum Gasteiger partial charge on any atom is 0.268 e. The average Bonchev–Trinajstić information content (AvgIpc) is 1.82. The van der Waals surface area contributed by atoms with Crippen LogP contribution in [0.2, 0.25) is 0 Å². The molecule has 12 heavy (non-hydrogen) atoms. The molecule has 0 atom stereocenters. The zero-order chi connectivity index (χ0) is 9.30. The molecule has 0 spiro atoms. The molecule has 0 unspecified atom stereocenters. The Balaban J connectivity index is 3.08. The molecule has 1 heterocycles. The highest BCUT2D eigenvalue weighted by atomic mass is 35.5. The minimum Gasteiger partial charge on any atom is -0.364 e. The third kappa shape index (κ3) is 1.72. The summed E-state index contributed by atoms with van der Waals surface area (Å²) < 4.78 is 0. The van der Waals surface area contributed by atoms with Gasteiger partial charge in [-0.05, 0) is 0 Å². The van der Waals surface area contributed by atoms with Gasteiger partial charge in [0.05, 0.1) is 11.6 Å². The molecule has 3 N–H and O–H groups in total. The Kier molecular flexibility index (Phi) is 2.62. The van der Waals surface area contributed by atoms with E-state index >= 15 is 0 Å². The van der Waals surface area contributed by atoms with Crippen LogP contribution in [0.5, 0.6) is 0 Å². The van der Waals surface area contributed by atoms with Crippen molar-refractivity contribution in [3.8, 4) is 0 Å². The molecule has 1 aliphatic heterocycles. The van der Waals surface area contributed by atoms with Crippen LogP contribution in [0, 0.1) is 6.08 Å². The highest BCUT2D eigenvalue weighted by Crippen LogP contribution is 2.22. The average molecular weight is 208 g/mol. The quantitative estimate of drug-likeness (QED) is 0.661. The first-order valence-corrected chi connectivity index (χ1v) is 3.72. The number of nitrogens with two attached hydrogens (primary N) is 1. The molecule has 0 bridgehead atoms. The standard InChI is InChI=1S/C6H5Cl2N2O2/c7-3-1-4(8)5(6(9)11)10(12)2-3/h12H,2H2,(H2,9,11). The van der Waals surface area contributed by atoms with Crippen molar-refractivity contribution in [3.63, 3.8) is 0 Å². The van der Waals surface area contributed by atoms with Crippen LogP contribution >= 0.6 is 23.2 Å². The Morgan fingerprint density at radius 2 is 2.25 bits per heavy atom. The molecular formula is C6H5Cl2N2O2. The van der Waals surface area contributed by atoms with Gasteiger partial charge in [0.15, 0.2) is 0 Å². The molecule has 1 rings (SSSR count). The van der Waals surface area contributed by atoms with E-state index in [0.717, 1.165) is 0 Å². The molecule has 4 nitrogen and oxygen atoms in total. The van der Waals surface area contributed by atoms with E-state index in [2.05, 4.69) is 6.08 Å². The van der Waals surface area contributed by atoms with E-state index in [1.54, 1.807) is 0 Å². The number of rotatable bonds is 1. The van der Waals surface area contributed by atoms with Crippen LogP contribution in [0.4, 0.5) is 0 Å². The maximum absolute atomic E-state index is 10.7. The van der Waals surface area contributed by atoms with Gasteiger partial charge in [-0.15, -0.1) is 0 Å². The summed E-state index contributed by atoms with van der Waals surface area (Å²) in [5, 5.41) is 9.85. The predicted octanol–water partition coefficient (Wildman–Crippen LogP) is 0.553. The Morgan fingerprint density at radius 1 is 1.67 bits per heavy atom. The minimum atomic E-state index is -0.820. The number of hydroxylamine groups is 2. The summed E-state index contributed by atoms with van der Waals surface area (Å²) in [6.45, 7) is -0.0317. The second kappa shape index (κ2) is 3.35. The molecule has 0 aromatic carbocycles. The van der Waals surface area contributed by atoms with Gasteiger partial charge in [0.2, 0.25) is 0 Å². The van der Waals surface area contributed by atoms with Crippen LogP contribution in [0.1, 0.15) is 0 Å². The van der Waals surface area contributed by atoms with Crippen molar-refractivity contribution >= 4 is 29.1 Å². The predicted molar refractivity (Wildman–Crippen MR) is 43.2 cm³/mol. The van der Waals surface area contributed by atoms with Gasteiger partial charge >= 0.3 is 0 Å². The van der Waals surface area contributed by atoms with E-state index in [-0.39, 0.29) is 22.3 Å². The third-order valence-electron chi connectivity index (χ3n) is 1.23. The number of hydrogen-bond acceptors (Lipinski definition) is 3. The van der Waals surface area contributed by atoms with Crippen molar-refractivity contribution in [2.45, 2.75) is 0 Å². The number of primary amides is 1. The van der Waals surface area contributed by atoms with Gasteiger partial charge in [-0.1, -0.05) is 23.2 Å². The SMILES string of the molecule is NC(=O)C1=C(Cl)[C]=C(Cl)CN1O. The second-order valence-electron chi connectivity index (χ2n) is 2.11. The summed E-state index contributed by atoms with van der Waals surface area (Å²) in [6, 6.07) is 0. The first kappa shape index (κ1) is 9.38. The molecule has 1 aliphatic rings. The topological polar surface area (TPSA) is 66.6 Å². The summed E-state index contributed by atoms with van der Waals surface area (Å²) in [6.07, 6.45) is 2.47. The number of carbonyl (C=O) groups excluding carboxylic acids is 1. The van der Waals surface area contributed by atoms with Gasteiger partial charge in [0.1, 0.15) is 5.70 Å². The fraction of sp³-hybridized carbons (Fsp3) is 0.167. The molecule has 0 fully saturated rings. The fourth-order valence-corrected chi connectivity index (χ4v) is 1.34. The van der Waals surface area contributed by atoms with Crippen molar-refractivity contribution in [1.29, 1.82) is 0 Å². The van der Waals surface area contributed by atoms with E-state index in [9.17, 15) is 4.79 Å². The smallest absolute Gasteiger partial charge is 0.268 e. The van der Waals surface area contributed by atoms with Gasteiger partial charge in [0.25, 0.3) is 5.91 Å². The van der Waals surface area contributed by atoms with Crippen LogP contribution in [-0.2, 0) is 4.79 Å². The summed E-state index contributed by atoms with van der Waals surface area (Å²) >= 11 is 11.0. The summed E-state index contributed by atoms with van der Waals surface area (Å²) in [5.41, 5.74) is 4.72. The lowest BCUT2D eigenvalue weighted by atomic mass is 10.2. The van der Waals surface area contributed by atoms with Crippen molar-refractivity contribution in [3.05, 3.63) is 21.8 Å². The Bertz CT molecular complexity index is 285. The van der Waals surface area contributed by atoms with Crippen molar-refractivity contribution in [2.75, 3.05) is 6.54 Å². The molecule has 0 aliphatic carbocycles. The summed E-state index contributed by atoms with van der Waals surface area (Å²) in [5.74, 6) is -0.820. The van der Waals surface area contributed by atoms with Crippen LogP contribution in [-0.4, -0.2) is 22.7 Å². The minimum absolute atomic E-state index is 0.0317. The lowest BCUT2D eigenvalue weighted by Gasteiger charge is -2.21. The number of amides is 1. The van der Waals surface area contributed by atoms with Crippen molar-refractivity contribution in [2.24, 2.45) is 5.73 Å². The van der Waals surface area contributed by atoms with Crippen LogP contribution in [0.3, 0.4) is 0 Å². The fourth-order valence-electron chi connectivity index (χ4n) is 0.777. The van der Waals surface area contributed by atoms with Gasteiger partial charge < -0.3 is 5.73 Å². The Labute approximate surface area is 78.8 Å². The van der Waals surface area contributed by atoms with Crippen molar-refractivity contribution < 1.29 is 10.0 Å². The van der Waals surface area contributed by atoms with E-state index in [4.69, 9.17) is 34.1 Å². The highest BCUT2D eigenvalue weighted by molar-refractivity contribution is 6.35. The van der Waals surface area contributed by atoms with Gasteiger partial charge in [0, 0.05) is 11.1 Å². The van der Waals surface area contributed by atoms with E-state index < -0.39 is 5.91 Å². The number of hydrogen-bond donors (Lipinski definition) is 2.